The molecule has 246 valence electrons. The maximum Gasteiger partial charge on any atom is 0.335 e. The molecule has 1 aliphatic rings. The maximum absolute atomic E-state index is 13.9. The first-order chi connectivity index (χ1) is 22.0. The van der Waals surface area contributed by atoms with Crippen LogP contribution in [0.5, 0.6) is 0 Å². The number of likely N-dealkylation sites (tertiary alicyclic amines) is 1. The fraction of sp³-hybridized carbons (Fsp3) is 0.394. The minimum absolute atomic E-state index is 0.0783. The zero-order chi connectivity index (χ0) is 33.1. The summed E-state index contributed by atoms with van der Waals surface area (Å²) in [7, 11) is -4.35. The molecule has 1 fully saturated rings. The number of aryl methyl sites for hydroxylation is 1. The lowest BCUT2D eigenvalue weighted by atomic mass is 9.98. The molecule has 1 aliphatic heterocycles. The van der Waals surface area contributed by atoms with Gasteiger partial charge in [-0.15, -0.1) is 11.8 Å². The van der Waals surface area contributed by atoms with Crippen LogP contribution in [0.1, 0.15) is 43.2 Å². The Morgan fingerprint density at radius 1 is 0.913 bits per heavy atom. The quantitative estimate of drug-likeness (QED) is 0.153. The molecule has 11 nitrogen and oxygen atoms in total. The smallest absolute Gasteiger partial charge is 0.335 e. The number of hydrogen-bond acceptors (Lipinski definition) is 6. The number of amides is 4. The first-order valence-electron chi connectivity index (χ1n) is 15.3. The minimum atomic E-state index is -4.35. The van der Waals surface area contributed by atoms with Crippen molar-refractivity contribution in [3.63, 3.8) is 0 Å². The second-order valence-corrected chi connectivity index (χ2v) is 14.6. The van der Waals surface area contributed by atoms with Crippen molar-refractivity contribution in [2.75, 3.05) is 17.8 Å². The molecule has 3 aromatic carbocycles. The fourth-order valence-corrected chi connectivity index (χ4v) is 7.42. The maximum atomic E-state index is 13.9. The molecule has 0 saturated carbocycles. The van der Waals surface area contributed by atoms with Crippen LogP contribution in [0.3, 0.4) is 0 Å². The molecule has 0 aliphatic carbocycles. The fourth-order valence-electron chi connectivity index (χ4n) is 5.59. The van der Waals surface area contributed by atoms with Gasteiger partial charge < -0.3 is 31.1 Å². The van der Waals surface area contributed by atoms with Crippen LogP contribution in [0.25, 0.3) is 10.8 Å². The number of nitrogens with zero attached hydrogens (tertiary/aromatic N) is 1. The molecule has 4 rings (SSSR count). The van der Waals surface area contributed by atoms with Gasteiger partial charge in [0.15, 0.2) is 0 Å². The number of nitrogens with two attached hydrogens (primary N) is 1. The highest BCUT2D eigenvalue weighted by Crippen LogP contribution is 2.38. The van der Waals surface area contributed by atoms with E-state index in [-0.39, 0.29) is 31.0 Å². The van der Waals surface area contributed by atoms with Crippen molar-refractivity contribution in [2.24, 2.45) is 5.73 Å². The standard InChI is InChI=1S/C33H41N4O7PS/c34-31(39)27(20-24-16-17-25-12-4-5-13-26(25)19-24)36-32(40)29-14-6-7-18-37(29)33(41)28(21-46-22-45(42,43)44)35-30(38)15-8-11-23-9-2-1-3-10-23/h1-5,9-10,12-13,16-17,19,27-29H,6-8,11,14-15,18,20-22H2,(H2,34,39)(H,35,38)(H,36,40)(H2,42,43,44). The van der Waals surface area contributed by atoms with E-state index in [1.54, 1.807) is 0 Å². The topological polar surface area (TPSA) is 179 Å². The van der Waals surface area contributed by atoms with Gasteiger partial charge in [0, 0.05) is 25.1 Å². The second kappa shape index (κ2) is 16.7. The minimum Gasteiger partial charge on any atom is -0.368 e. The van der Waals surface area contributed by atoms with Gasteiger partial charge in [0.05, 0.1) is 5.49 Å². The van der Waals surface area contributed by atoms with Gasteiger partial charge in [-0.1, -0.05) is 72.8 Å². The molecule has 46 heavy (non-hydrogen) atoms. The number of hydrogen-bond donors (Lipinski definition) is 5. The van der Waals surface area contributed by atoms with Crippen LogP contribution in [0, 0.1) is 0 Å². The molecule has 1 saturated heterocycles. The summed E-state index contributed by atoms with van der Waals surface area (Å²) in [5.41, 5.74) is 7.07. The molecular weight excluding hydrogens is 627 g/mol. The third kappa shape index (κ3) is 10.7. The van der Waals surface area contributed by atoms with E-state index < -0.39 is 48.9 Å². The SMILES string of the molecule is NC(=O)C(Cc1ccc2ccccc2c1)NC(=O)C1CCCCN1C(=O)C(CSCP(=O)(O)O)NC(=O)CCCc1ccccc1. The summed E-state index contributed by atoms with van der Waals surface area (Å²) in [5.74, 6) is -2.18. The molecule has 3 unspecified atom stereocenters. The molecule has 0 spiro atoms. The molecule has 0 radical (unpaired) electrons. The molecule has 1 heterocycles. The van der Waals surface area contributed by atoms with Crippen molar-refractivity contribution < 1.29 is 33.5 Å². The van der Waals surface area contributed by atoms with Crippen molar-refractivity contribution in [1.29, 1.82) is 0 Å². The van der Waals surface area contributed by atoms with Gasteiger partial charge in [-0.25, -0.2) is 0 Å². The van der Waals surface area contributed by atoms with E-state index in [0.717, 1.165) is 33.7 Å². The Hall–Kier alpha value is -3.70. The summed E-state index contributed by atoms with van der Waals surface area (Å²) < 4.78 is 11.5. The van der Waals surface area contributed by atoms with E-state index in [4.69, 9.17) is 5.73 Å². The molecule has 0 aromatic heterocycles. The van der Waals surface area contributed by atoms with Crippen molar-refractivity contribution >= 4 is 53.8 Å². The number of carbonyl (C=O) groups excluding carboxylic acids is 4. The second-order valence-electron chi connectivity index (χ2n) is 11.5. The van der Waals surface area contributed by atoms with Crippen molar-refractivity contribution in [3.05, 3.63) is 83.9 Å². The number of rotatable bonds is 15. The van der Waals surface area contributed by atoms with Crippen LogP contribution in [0.4, 0.5) is 0 Å². The Morgan fingerprint density at radius 3 is 2.35 bits per heavy atom. The largest absolute Gasteiger partial charge is 0.368 e. The average molecular weight is 669 g/mol. The number of thioether (sulfide) groups is 1. The van der Waals surface area contributed by atoms with Gasteiger partial charge in [0.1, 0.15) is 18.1 Å². The predicted octanol–water partition coefficient (Wildman–Crippen LogP) is 3.11. The van der Waals surface area contributed by atoms with E-state index in [0.29, 0.717) is 32.1 Å². The van der Waals surface area contributed by atoms with E-state index in [2.05, 4.69) is 10.6 Å². The highest BCUT2D eigenvalue weighted by atomic mass is 32.2. The molecule has 4 amide bonds. The number of carbonyl (C=O) groups is 4. The zero-order valence-electron chi connectivity index (χ0n) is 25.5. The number of piperidine rings is 1. The zero-order valence-corrected chi connectivity index (χ0v) is 27.3. The molecule has 3 atom stereocenters. The average Bonchev–Trinajstić information content (AvgIpc) is 3.03. The first-order valence-corrected chi connectivity index (χ1v) is 18.3. The molecule has 3 aromatic rings. The first kappa shape index (κ1) is 35.2. The van der Waals surface area contributed by atoms with E-state index in [1.165, 1.54) is 4.90 Å². The Labute approximate surface area is 272 Å². The van der Waals surface area contributed by atoms with E-state index in [9.17, 15) is 33.5 Å². The van der Waals surface area contributed by atoms with Crippen LogP contribution in [-0.2, 0) is 36.6 Å². The molecule has 6 N–H and O–H groups in total. The van der Waals surface area contributed by atoms with Gasteiger partial charge in [0.25, 0.3) is 0 Å². The Morgan fingerprint density at radius 2 is 1.63 bits per heavy atom. The summed E-state index contributed by atoms with van der Waals surface area (Å²) >= 11 is 0.862. The van der Waals surface area contributed by atoms with Crippen LogP contribution in [-0.4, -0.2) is 74.2 Å². The Balaban J connectivity index is 1.43. The summed E-state index contributed by atoms with van der Waals surface area (Å²) in [5, 5.41) is 7.52. The van der Waals surface area contributed by atoms with Gasteiger partial charge in [-0.3, -0.25) is 23.7 Å². The third-order valence-electron chi connectivity index (χ3n) is 7.89. The van der Waals surface area contributed by atoms with Crippen molar-refractivity contribution in [1.82, 2.24) is 15.5 Å². The highest BCUT2D eigenvalue weighted by molar-refractivity contribution is 8.04. The monoisotopic (exact) mass is 668 g/mol. The Bertz CT molecular complexity index is 1570. The molecular formula is C33H41N4O7PS. The number of nitrogens with one attached hydrogen (secondary N) is 2. The summed E-state index contributed by atoms with van der Waals surface area (Å²) in [6.07, 6.45) is 3.22. The predicted molar refractivity (Wildman–Crippen MR) is 179 cm³/mol. The number of fused-ring (bicyclic) bond motifs is 1. The van der Waals surface area contributed by atoms with Crippen LogP contribution in [0.2, 0.25) is 0 Å². The molecule has 13 heteroatoms. The van der Waals surface area contributed by atoms with E-state index in [1.807, 2.05) is 72.8 Å². The molecule has 0 bridgehead atoms. The van der Waals surface area contributed by atoms with Gasteiger partial charge in [-0.2, -0.15) is 0 Å². The summed E-state index contributed by atoms with van der Waals surface area (Å²) in [4.78, 5) is 72.9. The number of benzene rings is 3. The highest BCUT2D eigenvalue weighted by Gasteiger charge is 2.37. The lowest BCUT2D eigenvalue weighted by Crippen LogP contribution is -2.60. The lowest BCUT2D eigenvalue weighted by Gasteiger charge is -2.37. The third-order valence-corrected chi connectivity index (χ3v) is 10.5. The van der Waals surface area contributed by atoms with Gasteiger partial charge in [0.2, 0.25) is 23.6 Å². The van der Waals surface area contributed by atoms with Gasteiger partial charge in [-0.05, 0) is 54.0 Å². The summed E-state index contributed by atoms with van der Waals surface area (Å²) in [6, 6.07) is 20.2. The van der Waals surface area contributed by atoms with Crippen molar-refractivity contribution in [2.45, 2.75) is 63.1 Å². The van der Waals surface area contributed by atoms with Crippen molar-refractivity contribution in [3.8, 4) is 0 Å². The lowest BCUT2D eigenvalue weighted by molar-refractivity contribution is -0.145. The van der Waals surface area contributed by atoms with Crippen LogP contribution < -0.4 is 16.4 Å². The summed E-state index contributed by atoms with van der Waals surface area (Å²) in [6.45, 7) is 0.256. The van der Waals surface area contributed by atoms with Crippen LogP contribution >= 0.6 is 19.4 Å². The van der Waals surface area contributed by atoms with Gasteiger partial charge >= 0.3 is 7.60 Å². The number of primary amides is 1. The van der Waals surface area contributed by atoms with E-state index >= 15 is 0 Å². The normalized spacial score (nSPS) is 16.4. The van der Waals surface area contributed by atoms with Crippen LogP contribution in [0.15, 0.2) is 72.8 Å². The Kier molecular flexibility index (Phi) is 12.8.